The molecule has 0 spiro atoms. The highest BCUT2D eigenvalue weighted by atomic mass is 19.1. The summed E-state index contributed by atoms with van der Waals surface area (Å²) < 4.78 is 16.2. The lowest BCUT2D eigenvalue weighted by Gasteiger charge is -2.26. The molecule has 1 aliphatic carbocycles. The van der Waals surface area contributed by atoms with Gasteiger partial charge in [0.1, 0.15) is 17.5 Å². The number of hydrogen-bond acceptors (Lipinski definition) is 4. The first kappa shape index (κ1) is 17.6. The minimum absolute atomic E-state index is 0.291. The van der Waals surface area contributed by atoms with E-state index in [2.05, 4.69) is 27.6 Å². The molecule has 2 fully saturated rings. The van der Waals surface area contributed by atoms with Gasteiger partial charge in [-0.25, -0.2) is 9.37 Å². The van der Waals surface area contributed by atoms with Gasteiger partial charge >= 0.3 is 0 Å². The molecular formula is C22H24FN5. The quantitative estimate of drug-likeness (QED) is 0.667. The maximum atomic E-state index is 13.7. The van der Waals surface area contributed by atoms with Crippen molar-refractivity contribution in [2.75, 3.05) is 20.1 Å². The van der Waals surface area contributed by atoms with Crippen molar-refractivity contribution < 1.29 is 4.39 Å². The number of fused-ring (bicyclic) bond motifs is 3. The Balaban J connectivity index is 1.75. The van der Waals surface area contributed by atoms with Gasteiger partial charge < -0.3 is 9.47 Å². The van der Waals surface area contributed by atoms with Gasteiger partial charge in [0.25, 0.3) is 0 Å². The van der Waals surface area contributed by atoms with Crippen molar-refractivity contribution in [3.05, 3.63) is 35.8 Å². The average molecular weight is 377 g/mol. The summed E-state index contributed by atoms with van der Waals surface area (Å²) in [6.07, 6.45) is 5.20. The molecule has 0 bridgehead atoms. The van der Waals surface area contributed by atoms with E-state index >= 15 is 0 Å². The smallest absolute Gasteiger partial charge is 0.113 e. The highest BCUT2D eigenvalue weighted by Gasteiger charge is 2.31. The third-order valence-electron chi connectivity index (χ3n) is 6.43. The van der Waals surface area contributed by atoms with E-state index in [-0.39, 0.29) is 0 Å². The molecule has 3 aromatic rings. The fourth-order valence-corrected chi connectivity index (χ4v) is 4.96. The van der Waals surface area contributed by atoms with Crippen LogP contribution in [0.2, 0.25) is 0 Å². The van der Waals surface area contributed by atoms with Crippen LogP contribution >= 0.6 is 0 Å². The number of likely N-dealkylation sites (tertiary alicyclic amines) is 1. The predicted octanol–water partition coefficient (Wildman–Crippen LogP) is 4.33. The first-order chi connectivity index (χ1) is 13.6. The molecule has 5 rings (SSSR count). The van der Waals surface area contributed by atoms with Crippen molar-refractivity contribution >= 4 is 21.9 Å². The zero-order valence-electron chi connectivity index (χ0n) is 16.1. The zero-order chi connectivity index (χ0) is 19.3. The number of likely N-dealkylation sites (N-methyl/N-ethyl adjacent to an activating group) is 1. The molecule has 1 unspecified atom stereocenters. The summed E-state index contributed by atoms with van der Waals surface area (Å²) in [6.45, 7) is 2.05. The van der Waals surface area contributed by atoms with Crippen LogP contribution in [0.5, 0.6) is 0 Å². The number of aromatic nitrogens is 3. The van der Waals surface area contributed by atoms with Gasteiger partial charge in [0.05, 0.1) is 28.9 Å². The first-order valence-electron chi connectivity index (χ1n) is 10.2. The van der Waals surface area contributed by atoms with Crippen molar-refractivity contribution in [2.45, 2.75) is 50.2 Å². The molecule has 2 aromatic heterocycles. The van der Waals surface area contributed by atoms with E-state index < -0.39 is 6.17 Å². The second kappa shape index (κ2) is 6.82. The SMILES string of the molecule is CN1CCC(n2c(C3CCC(F)CC3)nc3cnc4ccc(C#N)cc4c32)C1. The minimum atomic E-state index is -0.674. The maximum Gasteiger partial charge on any atom is 0.113 e. The second-order valence-corrected chi connectivity index (χ2v) is 8.33. The van der Waals surface area contributed by atoms with Crippen LogP contribution in [0, 0.1) is 11.3 Å². The summed E-state index contributed by atoms with van der Waals surface area (Å²) in [5, 5.41) is 10.4. The number of imidazole rings is 1. The lowest BCUT2D eigenvalue weighted by Crippen LogP contribution is -2.21. The zero-order valence-corrected chi connectivity index (χ0v) is 16.1. The summed E-state index contributed by atoms with van der Waals surface area (Å²) in [7, 11) is 2.15. The van der Waals surface area contributed by atoms with Crippen LogP contribution in [-0.2, 0) is 0 Å². The number of nitrogens with zero attached hydrogens (tertiary/aromatic N) is 5. The molecule has 1 atom stereocenters. The molecule has 1 aliphatic heterocycles. The standard InChI is InChI=1S/C22H24FN5/c1-27-9-8-17(13-27)28-21-18-10-14(11-24)2-7-19(18)25-12-20(21)26-22(28)15-3-5-16(23)6-4-15/h2,7,10,12,15-17H,3-6,8-9,13H2,1H3. The summed E-state index contributed by atoms with van der Waals surface area (Å²) in [5.41, 5.74) is 3.49. The summed E-state index contributed by atoms with van der Waals surface area (Å²) in [4.78, 5) is 11.9. The monoisotopic (exact) mass is 377 g/mol. The van der Waals surface area contributed by atoms with E-state index in [1.54, 1.807) is 0 Å². The van der Waals surface area contributed by atoms with Crippen molar-refractivity contribution in [1.29, 1.82) is 5.26 Å². The average Bonchev–Trinajstić information content (AvgIpc) is 3.31. The molecule has 1 saturated heterocycles. The third kappa shape index (κ3) is 2.85. The summed E-state index contributed by atoms with van der Waals surface area (Å²) in [5.74, 6) is 1.37. The van der Waals surface area contributed by atoms with Crippen LogP contribution < -0.4 is 0 Å². The molecule has 3 heterocycles. The molecule has 0 radical (unpaired) electrons. The topological polar surface area (TPSA) is 57.7 Å². The van der Waals surface area contributed by atoms with Gasteiger partial charge in [-0.15, -0.1) is 0 Å². The number of halogens is 1. The lowest BCUT2D eigenvalue weighted by atomic mass is 9.87. The van der Waals surface area contributed by atoms with Gasteiger partial charge in [-0.2, -0.15) is 5.26 Å². The van der Waals surface area contributed by atoms with Crippen LogP contribution in [0.25, 0.3) is 21.9 Å². The second-order valence-electron chi connectivity index (χ2n) is 8.33. The van der Waals surface area contributed by atoms with Gasteiger partial charge in [-0.05, 0) is 63.9 Å². The number of hydrogen-bond donors (Lipinski definition) is 0. The first-order valence-corrected chi connectivity index (χ1v) is 10.2. The van der Waals surface area contributed by atoms with Crippen LogP contribution in [0.3, 0.4) is 0 Å². The molecule has 1 saturated carbocycles. The Morgan fingerprint density at radius 1 is 1.14 bits per heavy atom. The number of nitriles is 1. The molecule has 2 aliphatic rings. The Kier molecular flexibility index (Phi) is 4.28. The van der Waals surface area contributed by atoms with E-state index in [0.717, 1.165) is 60.1 Å². The van der Waals surface area contributed by atoms with Crippen LogP contribution in [0.15, 0.2) is 24.4 Å². The Bertz CT molecular complexity index is 1070. The minimum Gasteiger partial charge on any atom is -0.323 e. The molecular weight excluding hydrogens is 353 g/mol. The Hall–Kier alpha value is -2.52. The van der Waals surface area contributed by atoms with Gasteiger partial charge in [-0.3, -0.25) is 4.98 Å². The van der Waals surface area contributed by atoms with E-state index in [4.69, 9.17) is 4.98 Å². The van der Waals surface area contributed by atoms with E-state index in [9.17, 15) is 9.65 Å². The largest absolute Gasteiger partial charge is 0.323 e. The van der Waals surface area contributed by atoms with Crippen LogP contribution in [0.1, 0.15) is 55.5 Å². The van der Waals surface area contributed by atoms with Crippen molar-refractivity contribution in [3.8, 4) is 6.07 Å². The highest BCUT2D eigenvalue weighted by Crippen LogP contribution is 2.39. The van der Waals surface area contributed by atoms with Gasteiger partial charge in [0, 0.05) is 23.9 Å². The maximum absolute atomic E-state index is 13.7. The Morgan fingerprint density at radius 3 is 2.68 bits per heavy atom. The number of benzene rings is 1. The summed E-state index contributed by atoms with van der Waals surface area (Å²) >= 11 is 0. The molecule has 28 heavy (non-hydrogen) atoms. The molecule has 144 valence electrons. The van der Waals surface area contributed by atoms with E-state index in [0.29, 0.717) is 30.4 Å². The van der Waals surface area contributed by atoms with Crippen LogP contribution in [-0.4, -0.2) is 45.7 Å². The van der Waals surface area contributed by atoms with E-state index in [1.165, 1.54) is 0 Å². The molecule has 6 heteroatoms. The van der Waals surface area contributed by atoms with Gasteiger partial charge in [-0.1, -0.05) is 0 Å². The lowest BCUT2D eigenvalue weighted by molar-refractivity contribution is 0.229. The fraction of sp³-hybridized carbons (Fsp3) is 0.500. The normalized spacial score (nSPS) is 26.1. The number of rotatable bonds is 2. The van der Waals surface area contributed by atoms with Crippen molar-refractivity contribution in [2.24, 2.45) is 0 Å². The summed E-state index contributed by atoms with van der Waals surface area (Å²) in [6, 6.07) is 8.26. The van der Waals surface area contributed by atoms with Gasteiger partial charge in [0.2, 0.25) is 0 Å². The molecule has 5 nitrogen and oxygen atoms in total. The number of pyridine rings is 1. The molecule has 0 N–H and O–H groups in total. The van der Waals surface area contributed by atoms with Crippen LogP contribution in [0.4, 0.5) is 4.39 Å². The number of alkyl halides is 1. The van der Waals surface area contributed by atoms with E-state index in [1.807, 2.05) is 24.4 Å². The van der Waals surface area contributed by atoms with Gasteiger partial charge in [0.15, 0.2) is 0 Å². The Labute approximate surface area is 163 Å². The van der Waals surface area contributed by atoms with Crippen molar-refractivity contribution in [3.63, 3.8) is 0 Å². The third-order valence-corrected chi connectivity index (χ3v) is 6.43. The Morgan fingerprint density at radius 2 is 1.96 bits per heavy atom. The fourth-order valence-electron chi connectivity index (χ4n) is 4.96. The molecule has 1 aromatic carbocycles. The predicted molar refractivity (Wildman–Crippen MR) is 107 cm³/mol. The molecule has 0 amide bonds. The highest BCUT2D eigenvalue weighted by molar-refractivity contribution is 6.03. The van der Waals surface area contributed by atoms with Crippen molar-refractivity contribution in [1.82, 2.24) is 19.4 Å².